The van der Waals surface area contributed by atoms with E-state index in [4.69, 9.17) is 21.3 Å². The van der Waals surface area contributed by atoms with E-state index in [1.807, 2.05) is 6.92 Å². The van der Waals surface area contributed by atoms with Crippen LogP contribution < -0.4 is 0 Å². The Morgan fingerprint density at radius 1 is 1.55 bits per heavy atom. The van der Waals surface area contributed by atoms with Gasteiger partial charge in [-0.05, 0) is 61.1 Å². The molecule has 0 amide bonds. The van der Waals surface area contributed by atoms with Crippen LogP contribution in [0, 0.1) is 9.49 Å². The second-order valence-corrected chi connectivity index (χ2v) is 7.35. The van der Waals surface area contributed by atoms with Crippen LogP contribution >= 0.6 is 34.2 Å². The highest BCUT2D eigenvalue weighted by molar-refractivity contribution is 14.1. The van der Waals surface area contributed by atoms with Crippen molar-refractivity contribution in [3.63, 3.8) is 0 Å². The molecule has 1 fully saturated rings. The normalized spacial score (nSPS) is 24.4. The first-order chi connectivity index (χ1) is 9.56. The second-order valence-electron chi connectivity index (χ2n) is 5.45. The third-order valence-corrected chi connectivity index (χ3v) is 4.91. The Bertz CT molecular complexity index is 626. The van der Waals surface area contributed by atoms with Gasteiger partial charge in [-0.15, -0.1) is 11.6 Å². The fourth-order valence-electron chi connectivity index (χ4n) is 2.87. The number of benzene rings is 1. The van der Waals surface area contributed by atoms with Crippen LogP contribution in [0.4, 0.5) is 0 Å². The van der Waals surface area contributed by atoms with Gasteiger partial charge in [0.1, 0.15) is 5.82 Å². The van der Waals surface area contributed by atoms with Crippen molar-refractivity contribution in [1.82, 2.24) is 9.55 Å². The number of nitrogens with zero attached hydrogens (tertiary/aromatic N) is 2. The number of hydrogen-bond acceptors (Lipinski definition) is 2. The number of hydrogen-bond donors (Lipinski definition) is 0. The molecule has 2 heterocycles. The average molecular weight is 405 g/mol. The molecule has 1 aliphatic rings. The number of halogens is 2. The lowest BCUT2D eigenvalue weighted by Gasteiger charge is -2.18. The zero-order valence-corrected chi connectivity index (χ0v) is 14.6. The van der Waals surface area contributed by atoms with Crippen LogP contribution in [0.25, 0.3) is 11.0 Å². The predicted octanol–water partition coefficient (Wildman–Crippen LogP) is 4.37. The molecule has 0 aliphatic carbocycles. The first-order valence-corrected chi connectivity index (χ1v) is 8.49. The molecule has 1 aromatic carbocycles. The number of ether oxygens (including phenoxy) is 1. The van der Waals surface area contributed by atoms with Gasteiger partial charge in [-0.2, -0.15) is 0 Å². The van der Waals surface area contributed by atoms with E-state index in [0.717, 1.165) is 30.9 Å². The first kappa shape index (κ1) is 14.6. The van der Waals surface area contributed by atoms with E-state index in [1.54, 1.807) is 0 Å². The summed E-state index contributed by atoms with van der Waals surface area (Å²) in [5.74, 6) is 1.50. The zero-order valence-electron chi connectivity index (χ0n) is 11.6. The topological polar surface area (TPSA) is 27.1 Å². The van der Waals surface area contributed by atoms with Crippen LogP contribution in [-0.2, 0) is 11.3 Å². The van der Waals surface area contributed by atoms with Crippen LogP contribution in [-0.4, -0.2) is 22.3 Å². The van der Waals surface area contributed by atoms with Crippen molar-refractivity contribution in [2.75, 3.05) is 6.61 Å². The molecule has 3 nitrogen and oxygen atoms in total. The van der Waals surface area contributed by atoms with E-state index in [1.165, 1.54) is 9.09 Å². The lowest BCUT2D eigenvalue weighted by molar-refractivity contribution is 0.102. The van der Waals surface area contributed by atoms with Crippen molar-refractivity contribution in [3.05, 3.63) is 27.6 Å². The molecule has 20 heavy (non-hydrogen) atoms. The Balaban J connectivity index is 2.04. The second kappa shape index (κ2) is 5.81. The first-order valence-electron chi connectivity index (χ1n) is 6.97. The van der Waals surface area contributed by atoms with Crippen molar-refractivity contribution in [3.8, 4) is 0 Å². The van der Waals surface area contributed by atoms with Crippen molar-refractivity contribution in [2.24, 2.45) is 5.92 Å². The maximum Gasteiger partial charge on any atom is 0.127 e. The van der Waals surface area contributed by atoms with Crippen molar-refractivity contribution < 1.29 is 4.74 Å². The number of rotatable bonds is 3. The summed E-state index contributed by atoms with van der Waals surface area (Å²) < 4.78 is 9.15. The van der Waals surface area contributed by atoms with Gasteiger partial charge in [-0.1, -0.05) is 0 Å². The smallest absolute Gasteiger partial charge is 0.127 e. The molecule has 3 atom stereocenters. The molecule has 3 rings (SSSR count). The van der Waals surface area contributed by atoms with Gasteiger partial charge in [0.2, 0.25) is 0 Å². The van der Waals surface area contributed by atoms with Gasteiger partial charge in [0.25, 0.3) is 0 Å². The molecule has 2 aromatic rings. The standard InChI is InChI=1S/C15H18ClIN2O/c1-9(16)15-18-13-7-12(17)3-4-14(13)19(15)8-11-5-6-20-10(11)2/h3-4,7,9-11H,5-6,8H2,1-2H3. The third kappa shape index (κ3) is 2.70. The highest BCUT2D eigenvalue weighted by Gasteiger charge is 2.26. The van der Waals surface area contributed by atoms with Gasteiger partial charge in [0.15, 0.2) is 0 Å². The molecule has 1 aromatic heterocycles. The minimum Gasteiger partial charge on any atom is -0.378 e. The van der Waals surface area contributed by atoms with Crippen LogP contribution in [0.3, 0.4) is 0 Å². The molecule has 0 saturated carbocycles. The van der Waals surface area contributed by atoms with Gasteiger partial charge in [-0.25, -0.2) is 4.98 Å². The van der Waals surface area contributed by atoms with E-state index in [2.05, 4.69) is 52.3 Å². The lowest BCUT2D eigenvalue weighted by Crippen LogP contribution is -2.19. The van der Waals surface area contributed by atoms with E-state index in [9.17, 15) is 0 Å². The monoisotopic (exact) mass is 404 g/mol. The Morgan fingerprint density at radius 3 is 3.00 bits per heavy atom. The summed E-state index contributed by atoms with van der Waals surface area (Å²) >= 11 is 8.64. The molecular weight excluding hydrogens is 387 g/mol. The summed E-state index contributed by atoms with van der Waals surface area (Å²) in [6.45, 7) is 5.94. The van der Waals surface area contributed by atoms with Gasteiger partial charge < -0.3 is 9.30 Å². The molecule has 1 saturated heterocycles. The van der Waals surface area contributed by atoms with E-state index in [-0.39, 0.29) is 5.38 Å². The summed E-state index contributed by atoms with van der Waals surface area (Å²) in [7, 11) is 0. The molecule has 0 N–H and O–H groups in total. The number of alkyl halides is 1. The molecule has 0 radical (unpaired) electrons. The molecule has 3 unspecified atom stereocenters. The summed E-state index contributed by atoms with van der Waals surface area (Å²) in [5, 5.41) is -0.0855. The van der Waals surface area contributed by atoms with Crippen molar-refractivity contribution in [2.45, 2.75) is 38.3 Å². The quantitative estimate of drug-likeness (QED) is 0.561. The lowest BCUT2D eigenvalue weighted by atomic mass is 10.0. The largest absolute Gasteiger partial charge is 0.378 e. The van der Waals surface area contributed by atoms with Gasteiger partial charge >= 0.3 is 0 Å². The van der Waals surface area contributed by atoms with Crippen LogP contribution in [0.1, 0.15) is 31.5 Å². The predicted molar refractivity (Wildman–Crippen MR) is 90.2 cm³/mol. The zero-order chi connectivity index (χ0) is 14.3. The fourth-order valence-corrected chi connectivity index (χ4v) is 3.51. The molecular formula is C15H18ClIN2O. The molecule has 0 bridgehead atoms. The van der Waals surface area contributed by atoms with E-state index in [0.29, 0.717) is 12.0 Å². The number of fused-ring (bicyclic) bond motifs is 1. The Hall–Kier alpha value is -0.330. The van der Waals surface area contributed by atoms with Gasteiger partial charge in [0.05, 0.1) is 22.5 Å². The highest BCUT2D eigenvalue weighted by atomic mass is 127. The maximum atomic E-state index is 6.32. The Kier molecular flexibility index (Phi) is 4.24. The molecule has 5 heteroatoms. The van der Waals surface area contributed by atoms with Crippen molar-refractivity contribution in [1.29, 1.82) is 0 Å². The molecule has 1 aliphatic heterocycles. The minimum atomic E-state index is -0.0855. The Morgan fingerprint density at radius 2 is 2.35 bits per heavy atom. The molecule has 108 valence electrons. The van der Waals surface area contributed by atoms with Gasteiger partial charge in [-0.3, -0.25) is 0 Å². The number of imidazole rings is 1. The van der Waals surface area contributed by atoms with E-state index >= 15 is 0 Å². The van der Waals surface area contributed by atoms with Crippen LogP contribution in [0.5, 0.6) is 0 Å². The molecule has 0 spiro atoms. The summed E-state index contributed by atoms with van der Waals surface area (Å²) in [5.41, 5.74) is 2.21. The summed E-state index contributed by atoms with van der Waals surface area (Å²) in [6, 6.07) is 6.38. The Labute approximate surface area is 137 Å². The maximum absolute atomic E-state index is 6.32. The van der Waals surface area contributed by atoms with Gasteiger partial charge in [0, 0.05) is 22.6 Å². The van der Waals surface area contributed by atoms with Crippen LogP contribution in [0.2, 0.25) is 0 Å². The number of aromatic nitrogens is 2. The minimum absolute atomic E-state index is 0.0855. The average Bonchev–Trinajstić information content (AvgIpc) is 2.95. The SMILES string of the molecule is CC(Cl)c1nc2cc(I)ccc2n1CC1CCOC1C. The highest BCUT2D eigenvalue weighted by Crippen LogP contribution is 2.29. The third-order valence-electron chi connectivity index (χ3n) is 4.05. The van der Waals surface area contributed by atoms with Crippen molar-refractivity contribution >= 4 is 45.2 Å². The van der Waals surface area contributed by atoms with Crippen LogP contribution in [0.15, 0.2) is 18.2 Å². The summed E-state index contributed by atoms with van der Waals surface area (Å²) in [4.78, 5) is 4.73. The summed E-state index contributed by atoms with van der Waals surface area (Å²) in [6.07, 6.45) is 1.43. The van der Waals surface area contributed by atoms with E-state index < -0.39 is 0 Å². The fraction of sp³-hybridized carbons (Fsp3) is 0.533.